The minimum atomic E-state index is -0.543. The van der Waals surface area contributed by atoms with Gasteiger partial charge in [-0.3, -0.25) is 14.4 Å². The van der Waals surface area contributed by atoms with Crippen molar-refractivity contribution in [1.29, 1.82) is 0 Å². The van der Waals surface area contributed by atoms with Crippen LogP contribution < -0.4 is 10.1 Å². The van der Waals surface area contributed by atoms with E-state index < -0.39 is 17.8 Å². The molecule has 0 spiro atoms. The Bertz CT molecular complexity index is 880. The Morgan fingerprint density at radius 3 is 2.17 bits per heavy atom. The molecule has 0 saturated heterocycles. The first-order valence-corrected chi connectivity index (χ1v) is 9.76. The van der Waals surface area contributed by atoms with Crippen molar-refractivity contribution in [2.45, 2.75) is 18.9 Å². The molecule has 1 N–H and O–H groups in total. The monoisotopic (exact) mass is 411 g/mol. The second-order valence-corrected chi connectivity index (χ2v) is 7.15. The molecular weight excluding hydrogens is 386 g/mol. The Morgan fingerprint density at radius 2 is 1.53 bits per heavy atom. The van der Waals surface area contributed by atoms with E-state index in [1.807, 2.05) is 30.3 Å². The summed E-state index contributed by atoms with van der Waals surface area (Å²) in [6, 6.07) is 16.0. The van der Waals surface area contributed by atoms with Gasteiger partial charge >= 0.3 is 5.97 Å². The molecule has 158 valence electrons. The van der Waals surface area contributed by atoms with Gasteiger partial charge in [-0.1, -0.05) is 18.2 Å². The quantitative estimate of drug-likeness (QED) is 0.672. The van der Waals surface area contributed by atoms with E-state index in [0.29, 0.717) is 29.9 Å². The van der Waals surface area contributed by atoms with Gasteiger partial charge in [0, 0.05) is 18.6 Å². The molecule has 1 saturated carbocycles. The molecule has 3 rings (SSSR count). The molecule has 3 atom stereocenters. The predicted molar refractivity (Wildman–Crippen MR) is 109 cm³/mol. The van der Waals surface area contributed by atoms with Crippen LogP contribution in [0.3, 0.4) is 0 Å². The van der Waals surface area contributed by atoms with Gasteiger partial charge in [0.2, 0.25) is 0 Å². The molecule has 0 aromatic heterocycles. The summed E-state index contributed by atoms with van der Waals surface area (Å²) in [5.74, 6) is -0.762. The summed E-state index contributed by atoms with van der Waals surface area (Å²) in [7, 11) is 2.86. The van der Waals surface area contributed by atoms with Crippen LogP contribution in [0.4, 0.5) is 0 Å². The second-order valence-electron chi connectivity index (χ2n) is 7.15. The smallest absolute Gasteiger partial charge is 0.309 e. The third kappa shape index (κ3) is 5.24. The van der Waals surface area contributed by atoms with Crippen molar-refractivity contribution < 1.29 is 28.6 Å². The number of methoxy groups -OCH3 is 2. The zero-order chi connectivity index (χ0) is 21.5. The lowest BCUT2D eigenvalue weighted by Gasteiger charge is -2.16. The topological polar surface area (TPSA) is 90.9 Å². The van der Waals surface area contributed by atoms with E-state index in [1.165, 1.54) is 7.11 Å². The number of hydrogen-bond acceptors (Lipinski definition) is 6. The number of carbonyl (C=O) groups excluding carboxylic acids is 3. The first-order valence-electron chi connectivity index (χ1n) is 9.76. The zero-order valence-electron chi connectivity index (χ0n) is 17.0. The van der Waals surface area contributed by atoms with Crippen LogP contribution in [-0.2, 0) is 19.1 Å². The molecule has 0 radical (unpaired) electrons. The first kappa shape index (κ1) is 21.5. The largest absolute Gasteiger partial charge is 0.469 e. The number of rotatable bonds is 8. The number of ether oxygens (including phenoxy) is 3. The van der Waals surface area contributed by atoms with Crippen molar-refractivity contribution in [1.82, 2.24) is 5.32 Å². The molecule has 0 heterocycles. The lowest BCUT2D eigenvalue weighted by molar-refractivity contribution is -0.148. The zero-order valence-corrected chi connectivity index (χ0v) is 17.0. The highest BCUT2D eigenvalue weighted by atomic mass is 16.5. The summed E-state index contributed by atoms with van der Waals surface area (Å²) in [4.78, 5) is 37.0. The fourth-order valence-electron chi connectivity index (χ4n) is 3.65. The van der Waals surface area contributed by atoms with E-state index >= 15 is 0 Å². The number of hydrogen-bond donors (Lipinski definition) is 1. The van der Waals surface area contributed by atoms with Gasteiger partial charge in [-0.15, -0.1) is 0 Å². The van der Waals surface area contributed by atoms with E-state index in [2.05, 4.69) is 5.32 Å². The Kier molecular flexibility index (Phi) is 7.19. The second kappa shape index (κ2) is 10.0. The van der Waals surface area contributed by atoms with E-state index in [1.54, 1.807) is 31.4 Å². The van der Waals surface area contributed by atoms with E-state index in [9.17, 15) is 14.4 Å². The number of para-hydroxylation sites is 1. The number of benzene rings is 2. The SMILES string of the molecule is COC(=O)[C@@H]1C[C@@H](OC)C[C@H]1C(=O)CNC(=O)c1ccc(Oc2ccccc2)cc1. The van der Waals surface area contributed by atoms with Gasteiger partial charge in [0.05, 0.1) is 25.7 Å². The first-order chi connectivity index (χ1) is 14.5. The van der Waals surface area contributed by atoms with Gasteiger partial charge in [0.15, 0.2) is 5.78 Å². The third-order valence-corrected chi connectivity index (χ3v) is 5.29. The Hall–Kier alpha value is -3.19. The number of ketones is 1. The maximum absolute atomic E-state index is 12.6. The van der Waals surface area contributed by atoms with Crippen molar-refractivity contribution >= 4 is 17.7 Å². The minimum absolute atomic E-state index is 0.157. The summed E-state index contributed by atoms with van der Waals surface area (Å²) in [6.07, 6.45) is 0.711. The fourth-order valence-corrected chi connectivity index (χ4v) is 3.65. The van der Waals surface area contributed by atoms with E-state index in [0.717, 1.165) is 0 Å². The minimum Gasteiger partial charge on any atom is -0.469 e. The lowest BCUT2D eigenvalue weighted by atomic mass is 9.92. The molecule has 1 amide bonds. The molecule has 1 aliphatic rings. The van der Waals surface area contributed by atoms with Crippen molar-refractivity contribution in [2.75, 3.05) is 20.8 Å². The average Bonchev–Trinajstić information content (AvgIpc) is 3.22. The average molecular weight is 411 g/mol. The van der Waals surface area contributed by atoms with Crippen LogP contribution in [0.5, 0.6) is 11.5 Å². The van der Waals surface area contributed by atoms with Crippen molar-refractivity contribution in [3.8, 4) is 11.5 Å². The Morgan fingerprint density at radius 1 is 0.900 bits per heavy atom. The maximum atomic E-state index is 12.6. The number of amides is 1. The Labute approximate surface area is 175 Å². The summed E-state index contributed by atoms with van der Waals surface area (Å²) >= 11 is 0. The van der Waals surface area contributed by atoms with Crippen molar-refractivity contribution in [3.63, 3.8) is 0 Å². The predicted octanol–water partition coefficient (Wildman–Crippen LogP) is 2.99. The molecule has 2 aromatic rings. The third-order valence-electron chi connectivity index (χ3n) is 5.29. The molecule has 1 aliphatic carbocycles. The van der Waals surface area contributed by atoms with Crippen LogP contribution in [-0.4, -0.2) is 44.5 Å². The lowest BCUT2D eigenvalue weighted by Crippen LogP contribution is -2.36. The molecule has 30 heavy (non-hydrogen) atoms. The molecule has 7 nitrogen and oxygen atoms in total. The summed E-state index contributed by atoms with van der Waals surface area (Å²) in [6.45, 7) is -0.157. The van der Waals surface area contributed by atoms with Crippen LogP contribution in [0.25, 0.3) is 0 Å². The van der Waals surface area contributed by atoms with Crippen LogP contribution >= 0.6 is 0 Å². The normalized spacial score (nSPS) is 20.4. The van der Waals surface area contributed by atoms with Crippen molar-refractivity contribution in [2.24, 2.45) is 11.8 Å². The van der Waals surface area contributed by atoms with Crippen LogP contribution in [0.1, 0.15) is 23.2 Å². The van der Waals surface area contributed by atoms with Gasteiger partial charge in [-0.2, -0.15) is 0 Å². The van der Waals surface area contributed by atoms with Gasteiger partial charge in [0.1, 0.15) is 11.5 Å². The van der Waals surface area contributed by atoms with Gasteiger partial charge < -0.3 is 19.5 Å². The van der Waals surface area contributed by atoms with Crippen LogP contribution in [0, 0.1) is 11.8 Å². The highest BCUT2D eigenvalue weighted by molar-refractivity contribution is 5.98. The van der Waals surface area contributed by atoms with Crippen LogP contribution in [0.15, 0.2) is 54.6 Å². The molecule has 7 heteroatoms. The molecule has 2 aromatic carbocycles. The molecule has 0 unspecified atom stereocenters. The highest BCUT2D eigenvalue weighted by Gasteiger charge is 2.43. The fraction of sp³-hybridized carbons (Fsp3) is 0.348. The number of carbonyl (C=O) groups is 3. The molecular formula is C23H25NO6. The summed E-state index contributed by atoms with van der Waals surface area (Å²) in [5.41, 5.74) is 0.411. The number of nitrogens with one attached hydrogen (secondary N) is 1. The van der Waals surface area contributed by atoms with Crippen LogP contribution in [0.2, 0.25) is 0 Å². The molecule has 0 aliphatic heterocycles. The maximum Gasteiger partial charge on any atom is 0.309 e. The number of Topliss-reactive ketones (excluding diaryl/α,β-unsaturated/α-hetero) is 1. The van der Waals surface area contributed by atoms with Gasteiger partial charge in [0.25, 0.3) is 5.91 Å². The van der Waals surface area contributed by atoms with Crippen molar-refractivity contribution in [3.05, 3.63) is 60.2 Å². The molecule has 0 bridgehead atoms. The highest BCUT2D eigenvalue weighted by Crippen LogP contribution is 2.35. The Balaban J connectivity index is 1.55. The summed E-state index contributed by atoms with van der Waals surface area (Å²) < 4.78 is 15.8. The number of esters is 1. The standard InChI is InChI=1S/C23H25NO6/c1-28-18-12-19(20(13-18)23(27)29-2)21(25)14-24-22(26)15-8-10-17(11-9-15)30-16-6-4-3-5-7-16/h3-11,18-20H,12-14H2,1-2H3,(H,24,26)/t18-,19+,20+/m0/s1. The summed E-state index contributed by atoms with van der Waals surface area (Å²) in [5, 5.41) is 2.63. The van der Waals surface area contributed by atoms with E-state index in [4.69, 9.17) is 14.2 Å². The molecule has 1 fully saturated rings. The van der Waals surface area contributed by atoms with E-state index in [-0.39, 0.29) is 24.3 Å². The van der Waals surface area contributed by atoms with Gasteiger partial charge in [-0.25, -0.2) is 0 Å². The van der Waals surface area contributed by atoms with Gasteiger partial charge in [-0.05, 0) is 49.2 Å².